The largest absolute Gasteiger partial charge is 0.497 e. The molecular weight excluding hydrogens is 272 g/mol. The molecule has 0 fully saturated rings. The van der Waals surface area contributed by atoms with Crippen molar-refractivity contribution in [3.8, 4) is 21.9 Å². The van der Waals surface area contributed by atoms with E-state index in [1.807, 2.05) is 24.4 Å². The molecule has 1 aromatic carbocycles. The van der Waals surface area contributed by atoms with Gasteiger partial charge in [-0.1, -0.05) is 25.2 Å². The molecule has 0 saturated carbocycles. The van der Waals surface area contributed by atoms with Gasteiger partial charge in [-0.25, -0.2) is 4.98 Å². The number of methoxy groups -OCH3 is 2. The molecule has 20 heavy (non-hydrogen) atoms. The summed E-state index contributed by atoms with van der Waals surface area (Å²) >= 11 is 1.63. The molecule has 1 aromatic heterocycles. The highest BCUT2D eigenvalue weighted by Crippen LogP contribution is 2.37. The van der Waals surface area contributed by atoms with Gasteiger partial charge in [-0.2, -0.15) is 0 Å². The van der Waals surface area contributed by atoms with Gasteiger partial charge in [0.15, 0.2) is 5.13 Å². The Morgan fingerprint density at radius 2 is 2.05 bits per heavy atom. The predicted octanol–water partition coefficient (Wildman–Crippen LogP) is 3.90. The zero-order valence-corrected chi connectivity index (χ0v) is 13.1. The molecular formula is C15H20N2O2S. The van der Waals surface area contributed by atoms with E-state index in [9.17, 15) is 0 Å². The number of anilines is 1. The zero-order chi connectivity index (χ0) is 14.5. The number of hydrogen-bond acceptors (Lipinski definition) is 5. The summed E-state index contributed by atoms with van der Waals surface area (Å²) in [6.07, 6.45) is 1.87. The molecule has 0 saturated heterocycles. The SMILES string of the molecule is COc1ccc(-c2cnc(NCC(C)C)s2)c(OC)c1. The van der Waals surface area contributed by atoms with E-state index in [0.29, 0.717) is 5.92 Å². The maximum absolute atomic E-state index is 5.43. The first-order chi connectivity index (χ1) is 9.63. The number of nitrogens with zero attached hydrogens (tertiary/aromatic N) is 1. The van der Waals surface area contributed by atoms with Gasteiger partial charge in [0.25, 0.3) is 0 Å². The second kappa shape index (κ2) is 6.61. The fourth-order valence-corrected chi connectivity index (χ4v) is 2.63. The summed E-state index contributed by atoms with van der Waals surface area (Å²) in [5.41, 5.74) is 1.03. The molecule has 5 heteroatoms. The van der Waals surface area contributed by atoms with Crippen LogP contribution in [0, 0.1) is 5.92 Å². The van der Waals surface area contributed by atoms with Crippen molar-refractivity contribution in [2.75, 3.05) is 26.1 Å². The predicted molar refractivity (Wildman–Crippen MR) is 84.0 cm³/mol. The normalized spacial score (nSPS) is 10.7. The lowest BCUT2D eigenvalue weighted by Crippen LogP contribution is -2.07. The maximum Gasteiger partial charge on any atom is 0.183 e. The fourth-order valence-electron chi connectivity index (χ4n) is 1.77. The van der Waals surface area contributed by atoms with Crippen LogP contribution in [-0.2, 0) is 0 Å². The average molecular weight is 292 g/mol. The molecule has 1 N–H and O–H groups in total. The van der Waals surface area contributed by atoms with Crippen LogP contribution >= 0.6 is 11.3 Å². The summed E-state index contributed by atoms with van der Waals surface area (Å²) in [7, 11) is 3.31. The van der Waals surface area contributed by atoms with E-state index in [-0.39, 0.29) is 0 Å². The second-order valence-corrected chi connectivity index (χ2v) is 5.90. The lowest BCUT2D eigenvalue weighted by molar-refractivity contribution is 0.395. The number of aromatic nitrogens is 1. The first kappa shape index (κ1) is 14.7. The van der Waals surface area contributed by atoms with Crippen molar-refractivity contribution in [2.24, 2.45) is 5.92 Å². The minimum Gasteiger partial charge on any atom is -0.497 e. The summed E-state index contributed by atoms with van der Waals surface area (Å²) in [6.45, 7) is 5.27. The van der Waals surface area contributed by atoms with Crippen LogP contribution in [0.25, 0.3) is 10.4 Å². The molecule has 0 bridgehead atoms. The highest BCUT2D eigenvalue weighted by atomic mass is 32.1. The Balaban J connectivity index is 2.23. The summed E-state index contributed by atoms with van der Waals surface area (Å²) in [5.74, 6) is 2.18. The molecule has 0 radical (unpaired) electrons. The minimum absolute atomic E-state index is 0.595. The zero-order valence-electron chi connectivity index (χ0n) is 12.3. The Morgan fingerprint density at radius 1 is 1.25 bits per heavy atom. The average Bonchev–Trinajstić information content (AvgIpc) is 2.93. The van der Waals surface area contributed by atoms with Gasteiger partial charge in [-0.05, 0) is 18.1 Å². The molecule has 2 rings (SSSR count). The van der Waals surface area contributed by atoms with Gasteiger partial charge < -0.3 is 14.8 Å². The van der Waals surface area contributed by atoms with Gasteiger partial charge >= 0.3 is 0 Å². The molecule has 108 valence electrons. The molecule has 2 aromatic rings. The van der Waals surface area contributed by atoms with Gasteiger partial charge in [0.05, 0.1) is 19.1 Å². The molecule has 0 aliphatic heterocycles. The van der Waals surface area contributed by atoms with E-state index in [1.165, 1.54) is 0 Å². The second-order valence-electron chi connectivity index (χ2n) is 4.87. The highest BCUT2D eigenvalue weighted by molar-refractivity contribution is 7.18. The van der Waals surface area contributed by atoms with Crippen LogP contribution < -0.4 is 14.8 Å². The number of thiazole rings is 1. The summed E-state index contributed by atoms with van der Waals surface area (Å²) in [6, 6.07) is 5.81. The van der Waals surface area contributed by atoms with Crippen molar-refractivity contribution < 1.29 is 9.47 Å². The Hall–Kier alpha value is -1.75. The van der Waals surface area contributed by atoms with Gasteiger partial charge in [0.2, 0.25) is 0 Å². The smallest absolute Gasteiger partial charge is 0.183 e. The molecule has 0 atom stereocenters. The van der Waals surface area contributed by atoms with Crippen molar-refractivity contribution in [1.29, 1.82) is 0 Å². The third-order valence-corrected chi connectivity index (χ3v) is 3.83. The first-order valence-corrected chi connectivity index (χ1v) is 7.37. The molecule has 4 nitrogen and oxygen atoms in total. The number of rotatable bonds is 6. The Labute approximate surface area is 123 Å². The van der Waals surface area contributed by atoms with Crippen LogP contribution in [0.15, 0.2) is 24.4 Å². The third kappa shape index (κ3) is 3.42. The summed E-state index contributed by atoms with van der Waals surface area (Å²) < 4.78 is 10.6. The first-order valence-electron chi connectivity index (χ1n) is 6.56. The minimum atomic E-state index is 0.595. The van der Waals surface area contributed by atoms with Crippen LogP contribution in [0.1, 0.15) is 13.8 Å². The quantitative estimate of drug-likeness (QED) is 0.877. The maximum atomic E-state index is 5.43. The molecule has 1 heterocycles. The Morgan fingerprint density at radius 3 is 2.70 bits per heavy atom. The van der Waals surface area contributed by atoms with E-state index >= 15 is 0 Å². The van der Waals surface area contributed by atoms with Crippen molar-refractivity contribution >= 4 is 16.5 Å². The van der Waals surface area contributed by atoms with Crippen LogP contribution in [0.4, 0.5) is 5.13 Å². The lowest BCUT2D eigenvalue weighted by Gasteiger charge is -2.08. The topological polar surface area (TPSA) is 43.4 Å². The molecule has 0 amide bonds. The number of benzene rings is 1. The molecule has 0 unspecified atom stereocenters. The van der Waals surface area contributed by atoms with Gasteiger partial charge in [-0.3, -0.25) is 0 Å². The number of hydrogen-bond donors (Lipinski definition) is 1. The Kier molecular flexibility index (Phi) is 4.84. The monoisotopic (exact) mass is 292 g/mol. The van der Waals surface area contributed by atoms with Gasteiger partial charge in [-0.15, -0.1) is 0 Å². The molecule has 0 aliphatic rings. The van der Waals surface area contributed by atoms with Crippen molar-refractivity contribution in [2.45, 2.75) is 13.8 Å². The van der Waals surface area contributed by atoms with Crippen molar-refractivity contribution in [3.63, 3.8) is 0 Å². The van der Waals surface area contributed by atoms with E-state index < -0.39 is 0 Å². The van der Waals surface area contributed by atoms with Gasteiger partial charge in [0.1, 0.15) is 11.5 Å². The summed E-state index contributed by atoms with van der Waals surface area (Å²) in [5, 5.41) is 4.27. The van der Waals surface area contributed by atoms with Gasteiger partial charge in [0, 0.05) is 24.4 Å². The van der Waals surface area contributed by atoms with Crippen molar-refractivity contribution in [3.05, 3.63) is 24.4 Å². The standard InChI is InChI=1S/C15H20N2O2S/c1-10(2)8-16-15-17-9-14(20-15)12-6-5-11(18-3)7-13(12)19-4/h5-7,9-10H,8H2,1-4H3,(H,16,17). The lowest BCUT2D eigenvalue weighted by atomic mass is 10.1. The number of nitrogens with one attached hydrogen (secondary N) is 1. The molecule has 0 aliphatic carbocycles. The van der Waals surface area contributed by atoms with E-state index in [0.717, 1.165) is 33.6 Å². The Bertz CT molecular complexity index is 567. The third-order valence-electron chi connectivity index (χ3n) is 2.84. The van der Waals surface area contributed by atoms with E-state index in [2.05, 4.69) is 24.1 Å². The van der Waals surface area contributed by atoms with Crippen LogP contribution in [0.3, 0.4) is 0 Å². The van der Waals surface area contributed by atoms with Crippen LogP contribution in [-0.4, -0.2) is 25.7 Å². The van der Waals surface area contributed by atoms with Crippen molar-refractivity contribution in [1.82, 2.24) is 4.98 Å². The summed E-state index contributed by atoms with van der Waals surface area (Å²) in [4.78, 5) is 5.48. The number of ether oxygens (including phenoxy) is 2. The van der Waals surface area contributed by atoms with E-state index in [1.54, 1.807) is 25.6 Å². The fraction of sp³-hybridized carbons (Fsp3) is 0.400. The van der Waals surface area contributed by atoms with Crippen LogP contribution in [0.2, 0.25) is 0 Å². The van der Waals surface area contributed by atoms with Crippen LogP contribution in [0.5, 0.6) is 11.5 Å². The van der Waals surface area contributed by atoms with E-state index in [4.69, 9.17) is 9.47 Å². The highest BCUT2D eigenvalue weighted by Gasteiger charge is 2.11. The molecule has 0 spiro atoms.